The molecule has 1 fully saturated rings. The van der Waals surface area contributed by atoms with Gasteiger partial charge in [-0.1, -0.05) is 67.8 Å². The lowest BCUT2D eigenvalue weighted by atomic mass is 10.1. The summed E-state index contributed by atoms with van der Waals surface area (Å²) in [6.45, 7) is 3.77. The molecule has 1 N–H and O–H groups in total. The molecule has 1 aliphatic carbocycles. The fourth-order valence-electron chi connectivity index (χ4n) is 4.59. The van der Waals surface area contributed by atoms with Crippen LogP contribution < -0.4 is 9.62 Å². The first kappa shape index (κ1) is 26.7. The van der Waals surface area contributed by atoms with Crippen LogP contribution >= 0.6 is 0 Å². The molecule has 1 atom stereocenters. The lowest BCUT2D eigenvalue weighted by Crippen LogP contribution is -2.54. The smallest absolute Gasteiger partial charge is 0.244 e. The number of carbonyl (C=O) groups excluding carboxylic acids is 2. The van der Waals surface area contributed by atoms with E-state index >= 15 is 0 Å². The molecule has 1 saturated carbocycles. The molecule has 2 aromatic rings. The Balaban J connectivity index is 1.85. The van der Waals surface area contributed by atoms with Gasteiger partial charge in [0.1, 0.15) is 12.6 Å². The lowest BCUT2D eigenvalue weighted by molar-refractivity contribution is -0.139. The van der Waals surface area contributed by atoms with Crippen LogP contribution in [0.5, 0.6) is 0 Å². The summed E-state index contributed by atoms with van der Waals surface area (Å²) < 4.78 is 26.4. The normalized spacial score (nSPS) is 14.9. The van der Waals surface area contributed by atoms with Crippen molar-refractivity contribution >= 4 is 27.5 Å². The number of carbonyl (C=O) groups is 2. The van der Waals surface area contributed by atoms with Crippen molar-refractivity contribution in [3.8, 4) is 0 Å². The van der Waals surface area contributed by atoms with Crippen LogP contribution in [0.25, 0.3) is 0 Å². The third-order valence-electron chi connectivity index (χ3n) is 6.57. The van der Waals surface area contributed by atoms with Gasteiger partial charge in [0.2, 0.25) is 21.8 Å². The molecule has 35 heavy (non-hydrogen) atoms. The first-order chi connectivity index (χ1) is 16.7. The van der Waals surface area contributed by atoms with Gasteiger partial charge in [-0.05, 0) is 50.3 Å². The first-order valence-corrected chi connectivity index (χ1v) is 14.2. The quantitative estimate of drug-likeness (QED) is 0.511. The van der Waals surface area contributed by atoms with Crippen LogP contribution in [0.3, 0.4) is 0 Å². The summed E-state index contributed by atoms with van der Waals surface area (Å²) in [6, 6.07) is 16.3. The molecule has 2 aromatic carbocycles. The molecule has 2 amide bonds. The molecule has 0 aromatic heterocycles. The second-order valence-corrected chi connectivity index (χ2v) is 11.2. The summed E-state index contributed by atoms with van der Waals surface area (Å²) in [5, 5.41) is 3.12. The first-order valence-electron chi connectivity index (χ1n) is 12.4. The summed E-state index contributed by atoms with van der Waals surface area (Å²) in [4.78, 5) is 28.4. The average Bonchev–Trinajstić information content (AvgIpc) is 3.33. The minimum absolute atomic E-state index is 0.141. The monoisotopic (exact) mass is 499 g/mol. The Kier molecular flexibility index (Phi) is 9.32. The number of benzene rings is 2. The molecule has 0 bridgehead atoms. The van der Waals surface area contributed by atoms with Crippen molar-refractivity contribution in [1.29, 1.82) is 0 Å². The SMILES string of the molecule is CC[C@H](C(=O)NC1CCCC1)N(CCc1ccccc1)C(=O)CN(c1ccc(C)cc1)S(C)(=O)=O. The van der Waals surface area contributed by atoms with E-state index in [0.717, 1.165) is 47.4 Å². The average molecular weight is 500 g/mol. The lowest BCUT2D eigenvalue weighted by Gasteiger charge is -2.33. The highest BCUT2D eigenvalue weighted by atomic mass is 32.2. The van der Waals surface area contributed by atoms with Crippen LogP contribution in [-0.4, -0.2) is 56.6 Å². The van der Waals surface area contributed by atoms with Crippen molar-refractivity contribution in [2.45, 2.75) is 64.5 Å². The van der Waals surface area contributed by atoms with E-state index in [2.05, 4.69) is 5.32 Å². The molecular formula is C27H37N3O4S. The molecule has 3 rings (SSSR count). The topological polar surface area (TPSA) is 86.8 Å². The highest BCUT2D eigenvalue weighted by Gasteiger charge is 2.32. The number of anilines is 1. The Morgan fingerprint density at radius 2 is 1.66 bits per heavy atom. The van der Waals surface area contributed by atoms with Crippen molar-refractivity contribution in [2.24, 2.45) is 0 Å². The maximum Gasteiger partial charge on any atom is 0.244 e. The predicted molar refractivity (Wildman–Crippen MR) is 140 cm³/mol. The molecule has 190 valence electrons. The number of rotatable bonds is 11. The Bertz CT molecular complexity index is 1080. The fraction of sp³-hybridized carbons (Fsp3) is 0.481. The van der Waals surface area contributed by atoms with Crippen LogP contribution in [0, 0.1) is 6.92 Å². The number of amides is 2. The Morgan fingerprint density at radius 1 is 1.03 bits per heavy atom. The van der Waals surface area contributed by atoms with Gasteiger partial charge in [-0.2, -0.15) is 0 Å². The molecule has 8 heteroatoms. The van der Waals surface area contributed by atoms with E-state index < -0.39 is 16.1 Å². The number of hydrogen-bond acceptors (Lipinski definition) is 4. The zero-order valence-corrected chi connectivity index (χ0v) is 21.8. The van der Waals surface area contributed by atoms with E-state index in [1.165, 1.54) is 0 Å². The van der Waals surface area contributed by atoms with Gasteiger partial charge >= 0.3 is 0 Å². The van der Waals surface area contributed by atoms with Crippen LogP contribution in [0.2, 0.25) is 0 Å². The Morgan fingerprint density at radius 3 is 2.23 bits per heavy atom. The summed E-state index contributed by atoms with van der Waals surface area (Å²) in [7, 11) is -3.71. The van der Waals surface area contributed by atoms with Gasteiger partial charge in [0.15, 0.2) is 0 Å². The van der Waals surface area contributed by atoms with Crippen molar-refractivity contribution in [1.82, 2.24) is 10.2 Å². The number of hydrogen-bond donors (Lipinski definition) is 1. The van der Waals surface area contributed by atoms with Crippen molar-refractivity contribution in [2.75, 3.05) is 23.7 Å². The number of nitrogens with one attached hydrogen (secondary N) is 1. The molecule has 0 saturated heterocycles. The predicted octanol–water partition coefficient (Wildman–Crippen LogP) is 3.67. The fourth-order valence-corrected chi connectivity index (χ4v) is 5.44. The van der Waals surface area contributed by atoms with Gasteiger partial charge < -0.3 is 10.2 Å². The molecule has 0 unspecified atom stereocenters. The molecule has 0 heterocycles. The molecule has 0 spiro atoms. The number of nitrogens with zero attached hydrogens (tertiary/aromatic N) is 2. The van der Waals surface area contributed by atoms with Gasteiger partial charge in [-0.15, -0.1) is 0 Å². The zero-order valence-electron chi connectivity index (χ0n) is 20.9. The zero-order chi connectivity index (χ0) is 25.4. The van der Waals surface area contributed by atoms with E-state index in [4.69, 9.17) is 0 Å². The van der Waals surface area contributed by atoms with Gasteiger partial charge in [0, 0.05) is 12.6 Å². The third kappa shape index (κ3) is 7.56. The van der Waals surface area contributed by atoms with Crippen LogP contribution in [0.1, 0.15) is 50.2 Å². The van der Waals surface area contributed by atoms with Gasteiger partial charge in [-0.3, -0.25) is 13.9 Å². The van der Waals surface area contributed by atoms with E-state index in [0.29, 0.717) is 25.1 Å². The largest absolute Gasteiger partial charge is 0.352 e. The Labute approximate surface area is 209 Å². The molecule has 0 aliphatic heterocycles. The minimum atomic E-state index is -3.71. The molecular weight excluding hydrogens is 462 g/mol. The van der Waals surface area contributed by atoms with Crippen molar-refractivity contribution < 1.29 is 18.0 Å². The summed E-state index contributed by atoms with van der Waals surface area (Å²) in [5.41, 5.74) is 2.47. The Hall–Kier alpha value is -2.87. The number of aryl methyl sites for hydroxylation is 1. The van der Waals surface area contributed by atoms with Crippen LogP contribution in [0.4, 0.5) is 5.69 Å². The van der Waals surface area contributed by atoms with Crippen molar-refractivity contribution in [3.63, 3.8) is 0 Å². The number of sulfonamides is 1. The van der Waals surface area contributed by atoms with Crippen LogP contribution in [0.15, 0.2) is 54.6 Å². The molecule has 7 nitrogen and oxygen atoms in total. The molecule has 1 aliphatic rings. The van der Waals surface area contributed by atoms with E-state index in [9.17, 15) is 18.0 Å². The second-order valence-electron chi connectivity index (χ2n) is 9.34. The standard InChI is InChI=1S/C27H37N3O4S/c1-4-25(27(32)28-23-12-8-9-13-23)29(19-18-22-10-6-5-7-11-22)26(31)20-30(35(3,33)34)24-16-14-21(2)15-17-24/h5-7,10-11,14-17,23,25H,4,8-9,12-13,18-20H2,1-3H3,(H,28,32)/t25-/m1/s1. The summed E-state index contributed by atoms with van der Waals surface area (Å²) in [5.74, 6) is -0.553. The molecule has 0 radical (unpaired) electrons. The third-order valence-corrected chi connectivity index (χ3v) is 7.71. The van der Waals surface area contributed by atoms with Crippen molar-refractivity contribution in [3.05, 3.63) is 65.7 Å². The van der Waals surface area contributed by atoms with Gasteiger partial charge in [-0.25, -0.2) is 8.42 Å². The maximum atomic E-state index is 13.6. The van der Waals surface area contributed by atoms with E-state index in [1.54, 1.807) is 17.0 Å². The minimum Gasteiger partial charge on any atom is -0.352 e. The highest BCUT2D eigenvalue weighted by Crippen LogP contribution is 2.21. The second kappa shape index (κ2) is 12.2. The van der Waals surface area contributed by atoms with E-state index in [1.807, 2.05) is 56.3 Å². The summed E-state index contributed by atoms with van der Waals surface area (Å²) in [6.07, 6.45) is 6.21. The van der Waals surface area contributed by atoms with Crippen LogP contribution in [-0.2, 0) is 26.0 Å². The van der Waals surface area contributed by atoms with Gasteiger partial charge in [0.25, 0.3) is 0 Å². The highest BCUT2D eigenvalue weighted by molar-refractivity contribution is 7.92. The van der Waals surface area contributed by atoms with E-state index in [-0.39, 0.29) is 24.4 Å². The summed E-state index contributed by atoms with van der Waals surface area (Å²) >= 11 is 0. The van der Waals surface area contributed by atoms with Gasteiger partial charge in [0.05, 0.1) is 11.9 Å². The maximum absolute atomic E-state index is 13.6.